The maximum Gasteiger partial charge on any atom is 0.371 e. The lowest BCUT2D eigenvalue weighted by atomic mass is 10.5. The average Bonchev–Trinajstić information content (AvgIpc) is 2.75. The van der Waals surface area contributed by atoms with Gasteiger partial charge in [0.1, 0.15) is 0 Å². The lowest BCUT2D eigenvalue weighted by Gasteiger charge is -2.00. The minimum atomic E-state index is -1.13. The van der Waals surface area contributed by atoms with Crippen molar-refractivity contribution >= 4 is 5.97 Å². The van der Waals surface area contributed by atoms with Crippen LogP contribution < -0.4 is 4.74 Å². The molecule has 0 aliphatic rings. The van der Waals surface area contributed by atoms with Gasteiger partial charge in [-0.2, -0.15) is 5.10 Å². The molecule has 6 heteroatoms. The van der Waals surface area contributed by atoms with Crippen LogP contribution in [0.15, 0.2) is 22.6 Å². The van der Waals surface area contributed by atoms with Gasteiger partial charge in [0.25, 0.3) is 5.95 Å². The van der Waals surface area contributed by atoms with Gasteiger partial charge in [0.2, 0.25) is 11.6 Å². The number of aromatic nitrogens is 2. The molecule has 0 fully saturated rings. The molecule has 84 valence electrons. The van der Waals surface area contributed by atoms with E-state index in [4.69, 9.17) is 14.3 Å². The zero-order valence-electron chi connectivity index (χ0n) is 8.80. The number of carboxylic acids is 1. The average molecular weight is 222 g/mol. The lowest BCUT2D eigenvalue weighted by Crippen LogP contribution is -1.95. The summed E-state index contributed by atoms with van der Waals surface area (Å²) in [5.74, 6) is -0.672. The summed E-state index contributed by atoms with van der Waals surface area (Å²) in [5, 5.41) is 12.7. The first-order valence-electron chi connectivity index (χ1n) is 4.58. The topological polar surface area (TPSA) is 77.5 Å². The third-order valence-electron chi connectivity index (χ3n) is 1.96. The van der Waals surface area contributed by atoms with Gasteiger partial charge >= 0.3 is 5.97 Å². The fourth-order valence-corrected chi connectivity index (χ4v) is 1.28. The van der Waals surface area contributed by atoms with E-state index in [1.54, 1.807) is 13.1 Å². The molecular formula is C10H10N2O4. The highest BCUT2D eigenvalue weighted by atomic mass is 16.6. The second-order valence-electron chi connectivity index (χ2n) is 3.27. The quantitative estimate of drug-likeness (QED) is 0.856. The van der Waals surface area contributed by atoms with Crippen LogP contribution in [0.5, 0.6) is 11.8 Å². The van der Waals surface area contributed by atoms with Gasteiger partial charge in [-0.1, -0.05) is 0 Å². The fourth-order valence-electron chi connectivity index (χ4n) is 1.28. The van der Waals surface area contributed by atoms with Crippen molar-refractivity contribution in [3.63, 3.8) is 0 Å². The number of ether oxygens (including phenoxy) is 1. The monoisotopic (exact) mass is 222 g/mol. The lowest BCUT2D eigenvalue weighted by molar-refractivity contribution is 0.0656. The molecule has 0 radical (unpaired) electrons. The highest BCUT2D eigenvalue weighted by Crippen LogP contribution is 2.23. The highest BCUT2D eigenvalue weighted by molar-refractivity contribution is 5.84. The van der Waals surface area contributed by atoms with Crippen LogP contribution in [-0.2, 0) is 7.05 Å². The van der Waals surface area contributed by atoms with E-state index in [0.717, 1.165) is 5.69 Å². The van der Waals surface area contributed by atoms with Crippen LogP contribution in [0.25, 0.3) is 0 Å². The van der Waals surface area contributed by atoms with Crippen molar-refractivity contribution in [2.24, 2.45) is 7.05 Å². The van der Waals surface area contributed by atoms with Crippen molar-refractivity contribution in [1.82, 2.24) is 9.78 Å². The molecule has 2 heterocycles. The number of hydrogen-bond donors (Lipinski definition) is 1. The first-order valence-corrected chi connectivity index (χ1v) is 4.58. The van der Waals surface area contributed by atoms with Crippen LogP contribution in [-0.4, -0.2) is 20.9 Å². The molecule has 0 aromatic carbocycles. The summed E-state index contributed by atoms with van der Waals surface area (Å²) < 4.78 is 11.8. The molecule has 2 rings (SSSR count). The summed E-state index contributed by atoms with van der Waals surface area (Å²) in [6.45, 7) is 1.83. The van der Waals surface area contributed by atoms with Gasteiger partial charge in [0.05, 0.1) is 5.69 Å². The molecule has 0 amide bonds. The molecule has 0 bridgehead atoms. The summed E-state index contributed by atoms with van der Waals surface area (Å²) in [5.41, 5.74) is 0.808. The summed E-state index contributed by atoms with van der Waals surface area (Å²) in [6, 6.07) is 4.51. The van der Waals surface area contributed by atoms with E-state index in [1.165, 1.54) is 16.8 Å². The van der Waals surface area contributed by atoms with Gasteiger partial charge < -0.3 is 14.3 Å². The Kier molecular flexibility index (Phi) is 2.40. The number of furan rings is 1. The van der Waals surface area contributed by atoms with Crippen LogP contribution in [0.4, 0.5) is 0 Å². The third-order valence-corrected chi connectivity index (χ3v) is 1.96. The maximum atomic E-state index is 10.6. The Morgan fingerprint density at radius 3 is 2.81 bits per heavy atom. The molecule has 0 aliphatic heterocycles. The minimum absolute atomic E-state index is 0.125. The molecule has 0 saturated heterocycles. The fraction of sp³-hybridized carbons (Fsp3) is 0.200. The van der Waals surface area contributed by atoms with Crippen molar-refractivity contribution in [2.75, 3.05) is 0 Å². The van der Waals surface area contributed by atoms with Crippen LogP contribution in [0, 0.1) is 6.92 Å². The largest absolute Gasteiger partial charge is 0.475 e. The number of aromatic carboxylic acids is 1. The molecule has 0 spiro atoms. The molecular weight excluding hydrogens is 212 g/mol. The van der Waals surface area contributed by atoms with E-state index in [1.807, 2.05) is 6.92 Å². The van der Waals surface area contributed by atoms with Crippen molar-refractivity contribution in [3.05, 3.63) is 29.7 Å². The number of carboxylic acid groups (broad SMARTS) is 1. The van der Waals surface area contributed by atoms with Crippen LogP contribution in [0.3, 0.4) is 0 Å². The third kappa shape index (κ3) is 1.90. The number of hydrogen-bond acceptors (Lipinski definition) is 4. The van der Waals surface area contributed by atoms with Crippen molar-refractivity contribution in [1.29, 1.82) is 0 Å². The van der Waals surface area contributed by atoms with Crippen molar-refractivity contribution in [3.8, 4) is 11.8 Å². The molecule has 1 N–H and O–H groups in total. The van der Waals surface area contributed by atoms with E-state index in [2.05, 4.69) is 5.10 Å². The van der Waals surface area contributed by atoms with Crippen molar-refractivity contribution in [2.45, 2.75) is 6.92 Å². The number of rotatable bonds is 3. The number of aryl methyl sites for hydroxylation is 2. The molecule has 0 atom stereocenters. The molecule has 0 aliphatic carbocycles. The summed E-state index contributed by atoms with van der Waals surface area (Å²) in [4.78, 5) is 10.6. The first kappa shape index (κ1) is 10.3. The Labute approximate surface area is 91.1 Å². The van der Waals surface area contributed by atoms with Crippen LogP contribution in [0.1, 0.15) is 16.2 Å². The van der Waals surface area contributed by atoms with Gasteiger partial charge in [-0.25, -0.2) is 9.48 Å². The molecule has 16 heavy (non-hydrogen) atoms. The minimum Gasteiger partial charge on any atom is -0.475 e. The highest BCUT2D eigenvalue weighted by Gasteiger charge is 2.12. The van der Waals surface area contributed by atoms with E-state index in [0.29, 0.717) is 5.88 Å². The van der Waals surface area contributed by atoms with E-state index in [-0.39, 0.29) is 11.7 Å². The number of nitrogens with zero attached hydrogens (tertiary/aromatic N) is 2. The first-order chi connectivity index (χ1) is 7.56. The van der Waals surface area contributed by atoms with Crippen LogP contribution >= 0.6 is 0 Å². The van der Waals surface area contributed by atoms with Gasteiger partial charge in [-0.3, -0.25) is 0 Å². The zero-order valence-corrected chi connectivity index (χ0v) is 8.80. The van der Waals surface area contributed by atoms with Crippen LogP contribution in [0.2, 0.25) is 0 Å². The Morgan fingerprint density at radius 1 is 1.56 bits per heavy atom. The van der Waals surface area contributed by atoms with Crippen molar-refractivity contribution < 1.29 is 19.1 Å². The second-order valence-corrected chi connectivity index (χ2v) is 3.27. The van der Waals surface area contributed by atoms with Gasteiger partial charge in [-0.15, -0.1) is 0 Å². The summed E-state index contributed by atoms with van der Waals surface area (Å²) in [7, 11) is 1.73. The molecule has 0 saturated carbocycles. The normalized spacial score (nSPS) is 10.4. The summed E-state index contributed by atoms with van der Waals surface area (Å²) in [6.07, 6.45) is 0. The predicted molar refractivity (Wildman–Crippen MR) is 53.7 cm³/mol. The van der Waals surface area contributed by atoms with Gasteiger partial charge in [-0.05, 0) is 13.0 Å². The molecule has 2 aromatic rings. The molecule has 6 nitrogen and oxygen atoms in total. The Hall–Kier alpha value is -2.24. The second kappa shape index (κ2) is 3.73. The van der Waals surface area contributed by atoms with Gasteiger partial charge in [0, 0.05) is 19.2 Å². The predicted octanol–water partition coefficient (Wildman–Crippen LogP) is 1.81. The van der Waals surface area contributed by atoms with Gasteiger partial charge in [0.15, 0.2) is 0 Å². The smallest absolute Gasteiger partial charge is 0.371 e. The Bertz CT molecular complexity index is 527. The van der Waals surface area contributed by atoms with E-state index < -0.39 is 5.97 Å². The van der Waals surface area contributed by atoms with E-state index >= 15 is 0 Å². The standard InChI is InChI=1S/C10H10N2O4/c1-6-5-8(12(2)11-6)16-9-4-3-7(15-9)10(13)14/h3-5H,1-2H3,(H,13,14). The maximum absolute atomic E-state index is 10.6. The molecule has 2 aromatic heterocycles. The van der Waals surface area contributed by atoms with E-state index in [9.17, 15) is 4.79 Å². The Morgan fingerprint density at radius 2 is 2.31 bits per heavy atom. The zero-order chi connectivity index (χ0) is 11.7. The number of carbonyl (C=O) groups is 1. The SMILES string of the molecule is Cc1cc(Oc2ccc(C(=O)O)o2)n(C)n1. The molecule has 0 unspecified atom stereocenters. The Balaban J connectivity index is 2.20. The summed E-state index contributed by atoms with van der Waals surface area (Å²) >= 11 is 0.